The molecule has 1 aromatic rings. The van der Waals surface area contributed by atoms with Gasteiger partial charge in [0.2, 0.25) is 5.91 Å². The molecule has 4 heteroatoms. The molecule has 1 aromatic carbocycles. The average Bonchev–Trinajstić information content (AvgIpc) is 2.83. The number of rotatable bonds is 6. The predicted octanol–water partition coefficient (Wildman–Crippen LogP) is 2.17. The molecule has 1 N–H and O–H groups in total. The molecule has 1 unspecified atom stereocenters. The molecule has 2 fully saturated rings. The average molecular weight is 315 g/mol. The highest BCUT2D eigenvalue weighted by Gasteiger charge is 2.26. The summed E-state index contributed by atoms with van der Waals surface area (Å²) in [5, 5.41) is 3.22. The Hall–Kier alpha value is -1.39. The van der Waals surface area contributed by atoms with Crippen LogP contribution in [0.2, 0.25) is 0 Å². The summed E-state index contributed by atoms with van der Waals surface area (Å²) >= 11 is 0. The number of likely N-dealkylation sites (tertiary alicyclic amines) is 1. The Kier molecular flexibility index (Phi) is 5.34. The number of carbonyl (C=O) groups is 1. The molecule has 1 aliphatic carbocycles. The van der Waals surface area contributed by atoms with E-state index in [1.54, 1.807) is 0 Å². The first kappa shape index (κ1) is 16.5. The van der Waals surface area contributed by atoms with Gasteiger partial charge >= 0.3 is 0 Å². The first-order chi connectivity index (χ1) is 11.1. The number of hydrogen-bond acceptors (Lipinski definition) is 3. The van der Waals surface area contributed by atoms with E-state index in [1.165, 1.54) is 30.4 Å². The lowest BCUT2D eigenvalue weighted by Gasteiger charge is -2.34. The highest BCUT2D eigenvalue weighted by Crippen LogP contribution is 2.23. The van der Waals surface area contributed by atoms with Gasteiger partial charge in [0.15, 0.2) is 0 Å². The number of nitrogens with one attached hydrogen (secondary N) is 1. The van der Waals surface area contributed by atoms with Crippen LogP contribution in [0.3, 0.4) is 0 Å². The Bertz CT molecular complexity index is 541. The van der Waals surface area contributed by atoms with E-state index in [2.05, 4.69) is 53.4 Å². The van der Waals surface area contributed by atoms with Crippen LogP contribution in [-0.2, 0) is 11.3 Å². The molecule has 0 radical (unpaired) electrons. The van der Waals surface area contributed by atoms with Crippen LogP contribution in [0.25, 0.3) is 0 Å². The van der Waals surface area contributed by atoms with E-state index < -0.39 is 0 Å². The summed E-state index contributed by atoms with van der Waals surface area (Å²) < 4.78 is 0. The summed E-state index contributed by atoms with van der Waals surface area (Å²) in [4.78, 5) is 16.8. The van der Waals surface area contributed by atoms with Crippen molar-refractivity contribution in [3.63, 3.8) is 0 Å². The van der Waals surface area contributed by atoms with Gasteiger partial charge < -0.3 is 5.32 Å². The molecule has 1 saturated carbocycles. The van der Waals surface area contributed by atoms with E-state index in [-0.39, 0.29) is 5.91 Å². The Morgan fingerprint density at radius 1 is 1.35 bits per heavy atom. The van der Waals surface area contributed by atoms with Gasteiger partial charge in [0, 0.05) is 31.7 Å². The molecular formula is C19H29N3O. The molecule has 1 amide bonds. The zero-order chi connectivity index (χ0) is 16.2. The number of nitrogens with zero attached hydrogens (tertiary/aromatic N) is 2. The van der Waals surface area contributed by atoms with Crippen molar-refractivity contribution in [1.29, 1.82) is 0 Å². The first-order valence-corrected chi connectivity index (χ1v) is 8.87. The lowest BCUT2D eigenvalue weighted by Crippen LogP contribution is -2.46. The monoisotopic (exact) mass is 315 g/mol. The fourth-order valence-corrected chi connectivity index (χ4v) is 3.62. The van der Waals surface area contributed by atoms with E-state index in [0.29, 0.717) is 18.6 Å². The summed E-state index contributed by atoms with van der Waals surface area (Å²) in [6.45, 7) is 5.69. The SMILES string of the molecule is Cc1cccc(CN2CCC(NC(=O)CN(C)C3CCC3)C2)c1. The Balaban J connectivity index is 1.41. The Labute approximate surface area is 139 Å². The number of hydrogen-bond donors (Lipinski definition) is 1. The fraction of sp³-hybridized carbons (Fsp3) is 0.632. The van der Waals surface area contributed by atoms with Crippen molar-refractivity contribution < 1.29 is 4.79 Å². The lowest BCUT2D eigenvalue weighted by molar-refractivity contribution is -0.123. The molecule has 4 nitrogen and oxygen atoms in total. The van der Waals surface area contributed by atoms with E-state index >= 15 is 0 Å². The molecule has 2 aliphatic rings. The zero-order valence-electron chi connectivity index (χ0n) is 14.4. The van der Waals surface area contributed by atoms with Crippen LogP contribution in [-0.4, -0.2) is 54.5 Å². The molecule has 3 rings (SSSR count). The molecule has 0 bridgehead atoms. The smallest absolute Gasteiger partial charge is 0.234 e. The van der Waals surface area contributed by atoms with Gasteiger partial charge in [-0.05, 0) is 38.8 Å². The molecule has 1 saturated heterocycles. The van der Waals surface area contributed by atoms with Crippen molar-refractivity contribution in [2.75, 3.05) is 26.7 Å². The maximum absolute atomic E-state index is 12.2. The van der Waals surface area contributed by atoms with Crippen molar-refractivity contribution in [2.45, 2.75) is 51.2 Å². The molecule has 23 heavy (non-hydrogen) atoms. The molecule has 1 heterocycles. The molecule has 1 atom stereocenters. The number of likely N-dealkylation sites (N-methyl/N-ethyl adjacent to an activating group) is 1. The number of benzene rings is 1. The summed E-state index contributed by atoms with van der Waals surface area (Å²) in [6.07, 6.45) is 4.87. The van der Waals surface area contributed by atoms with Gasteiger partial charge in [-0.3, -0.25) is 14.6 Å². The summed E-state index contributed by atoms with van der Waals surface area (Å²) in [5.74, 6) is 0.182. The Morgan fingerprint density at radius 3 is 2.87 bits per heavy atom. The van der Waals surface area contributed by atoms with Crippen LogP contribution in [0.1, 0.15) is 36.8 Å². The third-order valence-corrected chi connectivity index (χ3v) is 5.22. The minimum atomic E-state index is 0.182. The van der Waals surface area contributed by atoms with Crippen LogP contribution in [0, 0.1) is 6.92 Å². The van der Waals surface area contributed by atoms with Gasteiger partial charge in [-0.1, -0.05) is 36.2 Å². The van der Waals surface area contributed by atoms with Crippen LogP contribution in [0.15, 0.2) is 24.3 Å². The molecular weight excluding hydrogens is 286 g/mol. The summed E-state index contributed by atoms with van der Waals surface area (Å²) in [7, 11) is 2.07. The minimum absolute atomic E-state index is 0.182. The van der Waals surface area contributed by atoms with Crippen LogP contribution < -0.4 is 5.32 Å². The van der Waals surface area contributed by atoms with Crippen LogP contribution >= 0.6 is 0 Å². The highest BCUT2D eigenvalue weighted by molar-refractivity contribution is 5.78. The Morgan fingerprint density at radius 2 is 2.17 bits per heavy atom. The van der Waals surface area contributed by atoms with Gasteiger partial charge in [-0.15, -0.1) is 0 Å². The van der Waals surface area contributed by atoms with Gasteiger partial charge in [0.05, 0.1) is 6.54 Å². The third-order valence-electron chi connectivity index (χ3n) is 5.22. The normalized spacial score (nSPS) is 22.3. The second-order valence-corrected chi connectivity index (χ2v) is 7.28. The number of amides is 1. The topological polar surface area (TPSA) is 35.6 Å². The fourth-order valence-electron chi connectivity index (χ4n) is 3.62. The second-order valence-electron chi connectivity index (χ2n) is 7.28. The third kappa shape index (κ3) is 4.55. The van der Waals surface area contributed by atoms with Crippen LogP contribution in [0.5, 0.6) is 0 Å². The van der Waals surface area contributed by atoms with E-state index in [0.717, 1.165) is 26.1 Å². The number of aryl methyl sites for hydroxylation is 1. The zero-order valence-corrected chi connectivity index (χ0v) is 14.4. The molecule has 0 spiro atoms. The molecule has 126 valence electrons. The number of carbonyl (C=O) groups excluding carboxylic acids is 1. The van der Waals surface area contributed by atoms with Gasteiger partial charge in [-0.25, -0.2) is 0 Å². The highest BCUT2D eigenvalue weighted by atomic mass is 16.2. The second kappa shape index (κ2) is 7.45. The molecule has 0 aromatic heterocycles. The quantitative estimate of drug-likeness (QED) is 0.874. The maximum atomic E-state index is 12.2. The van der Waals surface area contributed by atoms with Gasteiger partial charge in [0.25, 0.3) is 0 Å². The van der Waals surface area contributed by atoms with Crippen molar-refractivity contribution in [1.82, 2.24) is 15.1 Å². The maximum Gasteiger partial charge on any atom is 0.234 e. The minimum Gasteiger partial charge on any atom is -0.351 e. The molecule has 1 aliphatic heterocycles. The predicted molar refractivity (Wildman–Crippen MR) is 93.3 cm³/mol. The summed E-state index contributed by atoms with van der Waals surface area (Å²) in [5.41, 5.74) is 2.67. The first-order valence-electron chi connectivity index (χ1n) is 8.87. The van der Waals surface area contributed by atoms with Crippen molar-refractivity contribution in [3.05, 3.63) is 35.4 Å². The van der Waals surface area contributed by atoms with Gasteiger partial charge in [-0.2, -0.15) is 0 Å². The van der Waals surface area contributed by atoms with E-state index in [4.69, 9.17) is 0 Å². The largest absolute Gasteiger partial charge is 0.351 e. The van der Waals surface area contributed by atoms with E-state index in [9.17, 15) is 4.79 Å². The van der Waals surface area contributed by atoms with Gasteiger partial charge in [0.1, 0.15) is 0 Å². The van der Waals surface area contributed by atoms with E-state index in [1.807, 2.05) is 0 Å². The van der Waals surface area contributed by atoms with Crippen molar-refractivity contribution >= 4 is 5.91 Å². The summed E-state index contributed by atoms with van der Waals surface area (Å²) in [6, 6.07) is 9.63. The lowest BCUT2D eigenvalue weighted by atomic mass is 9.92. The van der Waals surface area contributed by atoms with Crippen molar-refractivity contribution in [3.8, 4) is 0 Å². The standard InChI is InChI=1S/C19H29N3O/c1-15-5-3-6-16(11-15)12-22-10-9-17(13-22)20-19(23)14-21(2)18-7-4-8-18/h3,5-6,11,17-18H,4,7-10,12-14H2,1-2H3,(H,20,23). The van der Waals surface area contributed by atoms with Crippen LogP contribution in [0.4, 0.5) is 0 Å². The van der Waals surface area contributed by atoms with Crippen molar-refractivity contribution in [2.24, 2.45) is 0 Å².